The van der Waals surface area contributed by atoms with Gasteiger partial charge in [0.1, 0.15) is 0 Å². The van der Waals surface area contributed by atoms with Crippen LogP contribution >= 0.6 is 0 Å². The number of nitrogens with zero attached hydrogens (tertiary/aromatic N) is 2. The number of rotatable bonds is 4. The minimum atomic E-state index is -0.0355. The lowest BCUT2D eigenvalue weighted by Gasteiger charge is -2.18. The highest BCUT2D eigenvalue weighted by Crippen LogP contribution is 2.23. The van der Waals surface area contributed by atoms with E-state index in [0.717, 1.165) is 11.1 Å². The molecular formula is C15H17N3O. The molecule has 2 aromatic rings. The summed E-state index contributed by atoms with van der Waals surface area (Å²) in [5, 5.41) is 0. The van der Waals surface area contributed by atoms with E-state index in [0.29, 0.717) is 18.7 Å². The molecule has 0 aliphatic heterocycles. The molecule has 1 aromatic carbocycles. The van der Waals surface area contributed by atoms with Gasteiger partial charge in [-0.25, -0.2) is 0 Å². The normalized spacial score (nSPS) is 10.2. The fourth-order valence-corrected chi connectivity index (χ4v) is 1.93. The summed E-state index contributed by atoms with van der Waals surface area (Å²) in [7, 11) is 1.75. The molecule has 0 saturated heterocycles. The third kappa shape index (κ3) is 2.98. The second-order valence-electron chi connectivity index (χ2n) is 4.30. The minimum absolute atomic E-state index is 0.0355. The van der Waals surface area contributed by atoms with E-state index in [2.05, 4.69) is 4.98 Å². The van der Waals surface area contributed by atoms with Gasteiger partial charge in [-0.05, 0) is 11.6 Å². The van der Waals surface area contributed by atoms with Crippen LogP contribution in [0.2, 0.25) is 0 Å². The molecule has 0 aliphatic rings. The van der Waals surface area contributed by atoms with Crippen molar-refractivity contribution in [2.24, 2.45) is 5.73 Å². The molecule has 98 valence electrons. The first-order valence-corrected chi connectivity index (χ1v) is 6.19. The molecule has 2 N–H and O–H groups in total. The zero-order chi connectivity index (χ0) is 13.7. The van der Waals surface area contributed by atoms with E-state index in [1.165, 1.54) is 0 Å². The number of benzene rings is 1. The van der Waals surface area contributed by atoms with Gasteiger partial charge in [-0.2, -0.15) is 0 Å². The first kappa shape index (κ1) is 13.2. The van der Waals surface area contributed by atoms with Crippen molar-refractivity contribution in [1.82, 2.24) is 9.88 Å². The Balaban J connectivity index is 2.40. The Hall–Kier alpha value is -2.20. The van der Waals surface area contributed by atoms with Crippen molar-refractivity contribution in [1.29, 1.82) is 0 Å². The standard InChI is InChI=1S/C15H17N3O/c1-18(10-8-16)15(19)13-7-9-17-11-14(13)12-5-3-2-4-6-12/h2-7,9,11H,8,10,16H2,1H3. The van der Waals surface area contributed by atoms with E-state index in [4.69, 9.17) is 5.73 Å². The molecule has 0 aliphatic carbocycles. The lowest BCUT2D eigenvalue weighted by molar-refractivity contribution is 0.0799. The maximum atomic E-state index is 12.4. The predicted molar refractivity (Wildman–Crippen MR) is 75.7 cm³/mol. The largest absolute Gasteiger partial charge is 0.340 e. The zero-order valence-corrected chi connectivity index (χ0v) is 10.9. The molecule has 4 heteroatoms. The summed E-state index contributed by atoms with van der Waals surface area (Å²) in [6.07, 6.45) is 3.36. The average Bonchev–Trinajstić information content (AvgIpc) is 2.47. The second kappa shape index (κ2) is 6.11. The fourth-order valence-electron chi connectivity index (χ4n) is 1.93. The maximum Gasteiger partial charge on any atom is 0.254 e. The molecule has 0 atom stereocenters. The number of hydrogen-bond acceptors (Lipinski definition) is 3. The Morgan fingerprint density at radius 3 is 2.68 bits per heavy atom. The van der Waals surface area contributed by atoms with Crippen molar-refractivity contribution in [3.63, 3.8) is 0 Å². The van der Waals surface area contributed by atoms with Gasteiger partial charge in [0, 0.05) is 38.1 Å². The van der Waals surface area contributed by atoms with Crippen LogP contribution in [0.4, 0.5) is 0 Å². The fraction of sp³-hybridized carbons (Fsp3) is 0.200. The summed E-state index contributed by atoms with van der Waals surface area (Å²) in [4.78, 5) is 18.1. The summed E-state index contributed by atoms with van der Waals surface area (Å²) >= 11 is 0. The van der Waals surface area contributed by atoms with Crippen LogP contribution in [-0.4, -0.2) is 35.9 Å². The Morgan fingerprint density at radius 2 is 2.00 bits per heavy atom. The molecule has 0 fully saturated rings. The summed E-state index contributed by atoms with van der Waals surface area (Å²) in [6.45, 7) is 0.989. The highest BCUT2D eigenvalue weighted by atomic mass is 16.2. The van der Waals surface area contributed by atoms with Crippen molar-refractivity contribution >= 4 is 5.91 Å². The molecule has 2 rings (SSSR count). The van der Waals surface area contributed by atoms with Crippen LogP contribution in [-0.2, 0) is 0 Å². The number of hydrogen-bond donors (Lipinski definition) is 1. The third-order valence-electron chi connectivity index (χ3n) is 2.95. The van der Waals surface area contributed by atoms with E-state index in [9.17, 15) is 4.79 Å². The van der Waals surface area contributed by atoms with Crippen LogP contribution in [0, 0.1) is 0 Å². The maximum absolute atomic E-state index is 12.4. The average molecular weight is 255 g/mol. The Morgan fingerprint density at radius 1 is 1.26 bits per heavy atom. The van der Waals surface area contributed by atoms with Crippen molar-refractivity contribution in [2.75, 3.05) is 20.1 Å². The van der Waals surface area contributed by atoms with E-state index in [1.807, 2.05) is 30.3 Å². The molecule has 4 nitrogen and oxygen atoms in total. The van der Waals surface area contributed by atoms with E-state index in [-0.39, 0.29) is 5.91 Å². The minimum Gasteiger partial charge on any atom is -0.340 e. The molecule has 1 amide bonds. The van der Waals surface area contributed by atoms with Gasteiger partial charge in [0.15, 0.2) is 0 Å². The highest BCUT2D eigenvalue weighted by molar-refractivity contribution is 6.00. The van der Waals surface area contributed by atoms with Crippen LogP contribution in [0.5, 0.6) is 0 Å². The van der Waals surface area contributed by atoms with Gasteiger partial charge in [0.05, 0.1) is 5.56 Å². The number of likely N-dealkylation sites (N-methyl/N-ethyl adjacent to an activating group) is 1. The number of carbonyl (C=O) groups excluding carboxylic acids is 1. The summed E-state index contributed by atoms with van der Waals surface area (Å²) < 4.78 is 0. The molecule has 0 saturated carbocycles. The van der Waals surface area contributed by atoms with Crippen molar-refractivity contribution in [3.8, 4) is 11.1 Å². The Labute approximate surface area is 112 Å². The van der Waals surface area contributed by atoms with E-state index >= 15 is 0 Å². The van der Waals surface area contributed by atoms with Crippen LogP contribution < -0.4 is 5.73 Å². The van der Waals surface area contributed by atoms with E-state index in [1.54, 1.807) is 30.4 Å². The monoisotopic (exact) mass is 255 g/mol. The SMILES string of the molecule is CN(CCN)C(=O)c1ccncc1-c1ccccc1. The van der Waals surface area contributed by atoms with Crippen LogP contribution in [0.25, 0.3) is 11.1 Å². The van der Waals surface area contributed by atoms with Crippen molar-refractivity contribution < 1.29 is 4.79 Å². The Bertz CT molecular complexity index is 554. The molecular weight excluding hydrogens is 238 g/mol. The van der Waals surface area contributed by atoms with Crippen molar-refractivity contribution in [2.45, 2.75) is 0 Å². The van der Waals surface area contributed by atoms with Gasteiger partial charge in [0.25, 0.3) is 5.91 Å². The molecule has 0 radical (unpaired) electrons. The Kier molecular flexibility index (Phi) is 4.26. The second-order valence-corrected chi connectivity index (χ2v) is 4.30. The first-order chi connectivity index (χ1) is 9.24. The topological polar surface area (TPSA) is 59.2 Å². The summed E-state index contributed by atoms with van der Waals surface area (Å²) in [5.74, 6) is -0.0355. The quantitative estimate of drug-likeness (QED) is 0.906. The smallest absolute Gasteiger partial charge is 0.254 e. The van der Waals surface area contributed by atoms with Gasteiger partial charge in [0.2, 0.25) is 0 Å². The third-order valence-corrected chi connectivity index (χ3v) is 2.95. The number of amides is 1. The number of carbonyl (C=O) groups is 1. The van der Waals surface area contributed by atoms with Gasteiger partial charge in [-0.15, -0.1) is 0 Å². The van der Waals surface area contributed by atoms with Gasteiger partial charge >= 0.3 is 0 Å². The molecule has 0 bridgehead atoms. The lowest BCUT2D eigenvalue weighted by atomic mass is 10.0. The molecule has 1 aromatic heterocycles. The molecule has 0 unspecified atom stereocenters. The van der Waals surface area contributed by atoms with Gasteiger partial charge in [-0.1, -0.05) is 30.3 Å². The summed E-state index contributed by atoms with van der Waals surface area (Å²) in [6, 6.07) is 11.5. The zero-order valence-electron chi connectivity index (χ0n) is 10.9. The van der Waals surface area contributed by atoms with Crippen LogP contribution in [0.1, 0.15) is 10.4 Å². The molecule has 19 heavy (non-hydrogen) atoms. The van der Waals surface area contributed by atoms with Crippen LogP contribution in [0.3, 0.4) is 0 Å². The van der Waals surface area contributed by atoms with Gasteiger partial charge < -0.3 is 10.6 Å². The first-order valence-electron chi connectivity index (χ1n) is 6.19. The van der Waals surface area contributed by atoms with Crippen molar-refractivity contribution in [3.05, 3.63) is 54.4 Å². The predicted octanol–water partition coefficient (Wildman–Crippen LogP) is 1.78. The van der Waals surface area contributed by atoms with Gasteiger partial charge in [-0.3, -0.25) is 9.78 Å². The molecule has 0 spiro atoms. The van der Waals surface area contributed by atoms with E-state index < -0.39 is 0 Å². The molecule has 1 heterocycles. The number of aromatic nitrogens is 1. The van der Waals surface area contributed by atoms with Crippen LogP contribution in [0.15, 0.2) is 48.8 Å². The highest BCUT2D eigenvalue weighted by Gasteiger charge is 2.15. The summed E-state index contributed by atoms with van der Waals surface area (Å²) in [5.41, 5.74) is 7.97. The number of nitrogens with two attached hydrogens (primary N) is 1. The lowest BCUT2D eigenvalue weighted by Crippen LogP contribution is -2.32. The number of pyridine rings is 1.